The van der Waals surface area contributed by atoms with Gasteiger partial charge in [0.05, 0.1) is 18.2 Å². The maximum Gasteiger partial charge on any atom is 0.416 e. The second-order valence-electron chi connectivity index (χ2n) is 5.05. The molecule has 1 atom stereocenters. The average Bonchev–Trinajstić information content (AvgIpc) is 2.59. The molecular formula is C16H10F3N2O3S-. The Morgan fingerprint density at radius 1 is 1.12 bits per heavy atom. The van der Waals surface area contributed by atoms with E-state index in [0.29, 0.717) is 22.0 Å². The van der Waals surface area contributed by atoms with Gasteiger partial charge in [-0.25, -0.2) is 4.98 Å². The lowest BCUT2D eigenvalue weighted by Crippen LogP contribution is -2.05. The fraction of sp³-hybridized carbons (Fsp3) is 0.125. The summed E-state index contributed by atoms with van der Waals surface area (Å²) in [7, 11) is 1.28. The van der Waals surface area contributed by atoms with Gasteiger partial charge in [0.15, 0.2) is 0 Å². The lowest BCUT2D eigenvalue weighted by Gasteiger charge is -2.14. The van der Waals surface area contributed by atoms with Crippen molar-refractivity contribution in [2.24, 2.45) is 0 Å². The van der Waals surface area contributed by atoms with Crippen LogP contribution in [0.25, 0.3) is 22.0 Å². The van der Waals surface area contributed by atoms with Gasteiger partial charge in [-0.05, 0) is 40.9 Å². The van der Waals surface area contributed by atoms with E-state index in [4.69, 9.17) is 4.74 Å². The molecule has 0 N–H and O–H groups in total. The number of pyridine rings is 2. The Kier molecular flexibility index (Phi) is 4.44. The zero-order valence-corrected chi connectivity index (χ0v) is 13.5. The summed E-state index contributed by atoms with van der Waals surface area (Å²) in [5.74, 6) is 0.0406. The normalized spacial score (nSPS) is 13.0. The molecule has 3 rings (SSSR count). The van der Waals surface area contributed by atoms with Gasteiger partial charge in [-0.3, -0.25) is 9.19 Å². The number of ether oxygens (including phenoxy) is 1. The lowest BCUT2D eigenvalue weighted by atomic mass is 10.00. The van der Waals surface area contributed by atoms with Crippen LogP contribution in [0.15, 0.2) is 47.8 Å². The molecule has 0 aliphatic heterocycles. The lowest BCUT2D eigenvalue weighted by molar-refractivity contribution is -0.137. The van der Waals surface area contributed by atoms with Crippen LogP contribution >= 0.6 is 0 Å². The molecule has 0 saturated heterocycles. The number of halogens is 3. The number of alkyl halides is 3. The van der Waals surface area contributed by atoms with Gasteiger partial charge < -0.3 is 9.29 Å². The Hall–Kier alpha value is -2.52. The summed E-state index contributed by atoms with van der Waals surface area (Å²) in [5.41, 5.74) is 0.481. The molecule has 5 nitrogen and oxygen atoms in total. The summed E-state index contributed by atoms with van der Waals surface area (Å²) < 4.78 is 65.8. The van der Waals surface area contributed by atoms with Crippen LogP contribution in [0, 0.1) is 0 Å². The molecule has 0 aliphatic rings. The number of rotatable bonds is 3. The van der Waals surface area contributed by atoms with Gasteiger partial charge in [-0.15, -0.1) is 0 Å². The molecule has 0 bridgehead atoms. The SMILES string of the molecule is COc1cc(C(F)(F)F)ccc1-c1ccnc2cc(S(=O)[O-])ncc12. The third-order valence-electron chi connectivity index (χ3n) is 3.59. The van der Waals surface area contributed by atoms with Crippen molar-refractivity contribution in [1.82, 2.24) is 9.97 Å². The number of fused-ring (bicyclic) bond motifs is 1. The monoisotopic (exact) mass is 367 g/mol. The van der Waals surface area contributed by atoms with E-state index in [1.54, 1.807) is 6.07 Å². The fourth-order valence-corrected chi connectivity index (χ4v) is 2.79. The predicted molar refractivity (Wildman–Crippen MR) is 83.7 cm³/mol. The predicted octanol–water partition coefficient (Wildman–Crippen LogP) is 3.56. The molecule has 0 saturated carbocycles. The third-order valence-corrected chi connectivity index (χ3v) is 4.16. The van der Waals surface area contributed by atoms with Gasteiger partial charge in [-0.1, -0.05) is 6.07 Å². The van der Waals surface area contributed by atoms with Crippen LogP contribution in [0.3, 0.4) is 0 Å². The molecule has 3 aromatic rings. The molecular weight excluding hydrogens is 357 g/mol. The van der Waals surface area contributed by atoms with Gasteiger partial charge in [-0.2, -0.15) is 13.2 Å². The molecule has 1 aromatic carbocycles. The van der Waals surface area contributed by atoms with E-state index in [-0.39, 0.29) is 10.8 Å². The van der Waals surface area contributed by atoms with Crippen molar-refractivity contribution >= 4 is 22.0 Å². The Bertz CT molecular complexity index is 976. The van der Waals surface area contributed by atoms with Crippen LogP contribution in [0.2, 0.25) is 0 Å². The van der Waals surface area contributed by atoms with Gasteiger partial charge in [0.25, 0.3) is 0 Å². The van der Waals surface area contributed by atoms with Crippen molar-refractivity contribution in [3.05, 3.63) is 48.3 Å². The average molecular weight is 367 g/mol. The summed E-state index contributed by atoms with van der Waals surface area (Å²) in [4.78, 5) is 7.92. The summed E-state index contributed by atoms with van der Waals surface area (Å²) in [6, 6.07) is 6.06. The van der Waals surface area contributed by atoms with Crippen LogP contribution < -0.4 is 4.74 Å². The maximum absolute atomic E-state index is 12.9. The second kappa shape index (κ2) is 6.41. The molecule has 0 spiro atoms. The molecule has 0 fully saturated rings. The van der Waals surface area contributed by atoms with E-state index in [1.165, 1.54) is 31.6 Å². The molecule has 2 aromatic heterocycles. The van der Waals surface area contributed by atoms with Crippen LogP contribution in [-0.4, -0.2) is 25.8 Å². The molecule has 2 heterocycles. The fourth-order valence-electron chi connectivity index (χ4n) is 2.44. The Balaban J connectivity index is 2.21. The van der Waals surface area contributed by atoms with Gasteiger partial charge in [0.1, 0.15) is 10.8 Å². The molecule has 130 valence electrons. The third kappa shape index (κ3) is 3.33. The zero-order chi connectivity index (χ0) is 18.2. The van der Waals surface area contributed by atoms with E-state index >= 15 is 0 Å². The first-order valence-electron chi connectivity index (χ1n) is 6.91. The summed E-state index contributed by atoms with van der Waals surface area (Å²) in [6.45, 7) is 0. The van der Waals surface area contributed by atoms with Crippen molar-refractivity contribution in [2.75, 3.05) is 7.11 Å². The number of aromatic nitrogens is 2. The highest BCUT2D eigenvalue weighted by molar-refractivity contribution is 7.79. The number of hydrogen-bond donors (Lipinski definition) is 0. The van der Waals surface area contributed by atoms with Gasteiger partial charge in [0.2, 0.25) is 0 Å². The van der Waals surface area contributed by atoms with Crippen molar-refractivity contribution in [1.29, 1.82) is 0 Å². The highest BCUT2D eigenvalue weighted by Gasteiger charge is 2.31. The van der Waals surface area contributed by atoms with Crippen molar-refractivity contribution < 1.29 is 26.7 Å². The second-order valence-corrected chi connectivity index (χ2v) is 5.93. The minimum Gasteiger partial charge on any atom is -0.767 e. The van der Waals surface area contributed by atoms with E-state index in [0.717, 1.165) is 12.1 Å². The Morgan fingerprint density at radius 3 is 2.52 bits per heavy atom. The van der Waals surface area contributed by atoms with E-state index in [1.807, 2.05) is 0 Å². The first-order valence-corrected chi connectivity index (χ1v) is 7.98. The van der Waals surface area contributed by atoms with Crippen LogP contribution in [0.4, 0.5) is 13.2 Å². The standard InChI is InChI=1S/C16H11F3N2O3S/c1-24-14-6-9(16(17,18)19)2-3-11(14)10-4-5-20-13-7-15(25(22)23)21-8-12(10)13/h2-8H,1H3,(H,22,23)/p-1. The number of nitrogens with zero attached hydrogens (tertiary/aromatic N) is 2. The molecule has 1 unspecified atom stereocenters. The number of hydrogen-bond acceptors (Lipinski definition) is 5. The van der Waals surface area contributed by atoms with Crippen LogP contribution in [0.1, 0.15) is 5.56 Å². The van der Waals surface area contributed by atoms with Crippen molar-refractivity contribution in [3.8, 4) is 16.9 Å². The molecule has 0 radical (unpaired) electrons. The summed E-state index contributed by atoms with van der Waals surface area (Å²) in [5, 5.41) is 0.325. The van der Waals surface area contributed by atoms with E-state index in [2.05, 4.69) is 9.97 Å². The van der Waals surface area contributed by atoms with Crippen LogP contribution in [0.5, 0.6) is 5.75 Å². The van der Waals surface area contributed by atoms with Crippen molar-refractivity contribution in [3.63, 3.8) is 0 Å². The Morgan fingerprint density at radius 2 is 1.88 bits per heavy atom. The largest absolute Gasteiger partial charge is 0.767 e. The molecule has 25 heavy (non-hydrogen) atoms. The summed E-state index contributed by atoms with van der Waals surface area (Å²) >= 11 is -2.51. The minimum absolute atomic E-state index is 0.0406. The zero-order valence-electron chi connectivity index (χ0n) is 12.7. The quantitative estimate of drug-likeness (QED) is 0.662. The van der Waals surface area contributed by atoms with E-state index < -0.39 is 22.8 Å². The number of benzene rings is 1. The smallest absolute Gasteiger partial charge is 0.416 e. The molecule has 0 aliphatic carbocycles. The first kappa shape index (κ1) is 17.3. The maximum atomic E-state index is 12.9. The topological polar surface area (TPSA) is 75.1 Å². The minimum atomic E-state index is -4.49. The number of methoxy groups -OCH3 is 1. The van der Waals surface area contributed by atoms with Crippen LogP contribution in [-0.2, 0) is 17.3 Å². The first-order chi connectivity index (χ1) is 11.8. The highest BCUT2D eigenvalue weighted by Crippen LogP contribution is 2.39. The highest BCUT2D eigenvalue weighted by atomic mass is 32.2. The van der Waals surface area contributed by atoms with Gasteiger partial charge >= 0.3 is 6.18 Å². The van der Waals surface area contributed by atoms with Gasteiger partial charge in [0, 0.05) is 23.3 Å². The van der Waals surface area contributed by atoms with E-state index in [9.17, 15) is 21.9 Å². The summed E-state index contributed by atoms with van der Waals surface area (Å²) in [6.07, 6.45) is -1.73. The van der Waals surface area contributed by atoms with Crippen molar-refractivity contribution in [2.45, 2.75) is 11.2 Å². The Labute approximate surface area is 142 Å². The molecule has 0 amide bonds. The molecule has 9 heteroatoms.